The first-order valence-electron chi connectivity index (χ1n) is 12.3. The van der Waals surface area contributed by atoms with E-state index in [1.54, 1.807) is 18.2 Å². The Bertz CT molecular complexity index is 826. The van der Waals surface area contributed by atoms with E-state index in [-0.39, 0.29) is 11.5 Å². The maximum absolute atomic E-state index is 9.76. The summed E-state index contributed by atoms with van der Waals surface area (Å²) in [7, 11) is 0. The third-order valence-corrected chi connectivity index (χ3v) is 6.60. The average Bonchev–Trinajstić information content (AvgIpc) is 3.21. The first-order chi connectivity index (χ1) is 15.5. The number of likely N-dealkylation sites (tertiary alicyclic amines) is 1. The Morgan fingerprint density at radius 3 is 2.56 bits per heavy atom. The van der Waals surface area contributed by atoms with E-state index in [1.165, 1.54) is 50.6 Å². The molecule has 0 radical (unpaired) electrons. The highest BCUT2D eigenvalue weighted by Gasteiger charge is 2.24. The average molecular weight is 441 g/mol. The number of phenols is 3. The largest absolute Gasteiger partial charge is 0.508 e. The lowest BCUT2D eigenvalue weighted by Gasteiger charge is -2.25. The van der Waals surface area contributed by atoms with Crippen molar-refractivity contribution in [1.29, 1.82) is 0 Å². The summed E-state index contributed by atoms with van der Waals surface area (Å²) in [6, 6.07) is 13.4. The highest BCUT2D eigenvalue weighted by atomic mass is 16.3. The molecule has 3 N–H and O–H groups in total. The molecule has 0 bridgehead atoms. The molecule has 0 spiro atoms. The fourth-order valence-corrected chi connectivity index (χ4v) is 4.87. The molecule has 32 heavy (non-hydrogen) atoms. The quantitative estimate of drug-likeness (QED) is 0.304. The predicted molar refractivity (Wildman–Crippen MR) is 130 cm³/mol. The number of rotatable bonds is 13. The molecule has 1 aliphatic heterocycles. The molecule has 2 aromatic carbocycles. The summed E-state index contributed by atoms with van der Waals surface area (Å²) >= 11 is 0. The number of phenolic OH excluding ortho intramolecular Hbond substituents is 3. The molecule has 1 fully saturated rings. The minimum Gasteiger partial charge on any atom is -0.508 e. The van der Waals surface area contributed by atoms with Gasteiger partial charge in [0.15, 0.2) is 11.5 Å². The van der Waals surface area contributed by atoms with Crippen LogP contribution >= 0.6 is 0 Å². The van der Waals surface area contributed by atoms with Crippen LogP contribution in [0.5, 0.6) is 17.2 Å². The number of hydrogen-bond donors (Lipinski definition) is 3. The Morgan fingerprint density at radius 1 is 0.906 bits per heavy atom. The van der Waals surface area contributed by atoms with E-state index in [2.05, 4.69) is 22.8 Å². The van der Waals surface area contributed by atoms with Gasteiger partial charge in [-0.05, 0) is 107 Å². The van der Waals surface area contributed by atoms with Gasteiger partial charge in [-0.2, -0.15) is 0 Å². The van der Waals surface area contributed by atoms with Crippen molar-refractivity contribution < 1.29 is 15.3 Å². The SMILES string of the molecule is CCCN(CCCCCN1CCC[C@@H]1Cc1ccc(O)c(O)c1)CCc1cccc(O)c1. The first kappa shape index (κ1) is 24.4. The zero-order chi connectivity index (χ0) is 22.8. The Labute approximate surface area is 193 Å². The van der Waals surface area contributed by atoms with Crippen LogP contribution in [-0.2, 0) is 12.8 Å². The van der Waals surface area contributed by atoms with Crippen LogP contribution in [0.25, 0.3) is 0 Å². The van der Waals surface area contributed by atoms with Gasteiger partial charge in [0.2, 0.25) is 0 Å². The van der Waals surface area contributed by atoms with Crippen LogP contribution in [0.4, 0.5) is 0 Å². The van der Waals surface area contributed by atoms with E-state index >= 15 is 0 Å². The number of nitrogens with zero attached hydrogens (tertiary/aromatic N) is 2. The second-order valence-electron chi connectivity index (χ2n) is 9.18. The summed E-state index contributed by atoms with van der Waals surface area (Å²) in [5.74, 6) is 0.288. The number of aromatic hydroxyl groups is 3. The molecule has 0 aliphatic carbocycles. The summed E-state index contributed by atoms with van der Waals surface area (Å²) in [6.45, 7) is 7.87. The minimum atomic E-state index is -0.0453. The molecule has 5 heteroatoms. The van der Waals surface area contributed by atoms with E-state index in [9.17, 15) is 15.3 Å². The zero-order valence-electron chi connectivity index (χ0n) is 19.5. The van der Waals surface area contributed by atoms with Crippen molar-refractivity contribution in [2.24, 2.45) is 0 Å². The van der Waals surface area contributed by atoms with E-state index in [1.807, 2.05) is 18.2 Å². The molecular weight excluding hydrogens is 400 g/mol. The highest BCUT2D eigenvalue weighted by molar-refractivity contribution is 5.40. The van der Waals surface area contributed by atoms with Crippen molar-refractivity contribution in [3.8, 4) is 17.2 Å². The van der Waals surface area contributed by atoms with Gasteiger partial charge in [-0.1, -0.05) is 31.5 Å². The molecule has 1 aliphatic rings. The van der Waals surface area contributed by atoms with Crippen LogP contribution in [0.1, 0.15) is 56.6 Å². The molecule has 0 aromatic heterocycles. The van der Waals surface area contributed by atoms with Crippen molar-refractivity contribution in [1.82, 2.24) is 9.80 Å². The van der Waals surface area contributed by atoms with E-state index in [4.69, 9.17) is 0 Å². The fourth-order valence-electron chi connectivity index (χ4n) is 4.87. The van der Waals surface area contributed by atoms with Crippen LogP contribution < -0.4 is 0 Å². The van der Waals surface area contributed by atoms with Gasteiger partial charge in [0.1, 0.15) is 5.75 Å². The Balaban J connectivity index is 1.35. The molecule has 5 nitrogen and oxygen atoms in total. The van der Waals surface area contributed by atoms with Crippen LogP contribution in [0.3, 0.4) is 0 Å². The first-order valence-corrected chi connectivity index (χ1v) is 12.3. The van der Waals surface area contributed by atoms with Gasteiger partial charge in [-0.15, -0.1) is 0 Å². The summed E-state index contributed by atoms with van der Waals surface area (Å²) in [5.41, 5.74) is 2.30. The number of unbranched alkanes of at least 4 members (excludes halogenated alkanes) is 2. The van der Waals surface area contributed by atoms with Gasteiger partial charge in [0, 0.05) is 12.6 Å². The molecule has 0 saturated carbocycles. The van der Waals surface area contributed by atoms with Gasteiger partial charge in [0.05, 0.1) is 0 Å². The van der Waals surface area contributed by atoms with Crippen molar-refractivity contribution in [2.45, 2.75) is 64.3 Å². The topological polar surface area (TPSA) is 67.2 Å². The lowest BCUT2D eigenvalue weighted by molar-refractivity contribution is 0.238. The smallest absolute Gasteiger partial charge is 0.157 e. The number of hydrogen-bond acceptors (Lipinski definition) is 5. The minimum absolute atomic E-state index is 0.0206. The van der Waals surface area contributed by atoms with Crippen molar-refractivity contribution in [2.75, 3.05) is 32.7 Å². The zero-order valence-corrected chi connectivity index (χ0v) is 19.5. The summed E-state index contributed by atoms with van der Waals surface area (Å²) in [5, 5.41) is 28.9. The van der Waals surface area contributed by atoms with E-state index in [0.717, 1.165) is 44.6 Å². The highest BCUT2D eigenvalue weighted by Crippen LogP contribution is 2.28. The van der Waals surface area contributed by atoms with Crippen molar-refractivity contribution >= 4 is 0 Å². The van der Waals surface area contributed by atoms with Crippen LogP contribution in [0.2, 0.25) is 0 Å². The fraction of sp³-hybridized carbons (Fsp3) is 0.556. The van der Waals surface area contributed by atoms with E-state index < -0.39 is 0 Å². The summed E-state index contributed by atoms with van der Waals surface area (Å²) < 4.78 is 0. The van der Waals surface area contributed by atoms with Crippen LogP contribution in [0.15, 0.2) is 42.5 Å². The van der Waals surface area contributed by atoms with Crippen molar-refractivity contribution in [3.63, 3.8) is 0 Å². The van der Waals surface area contributed by atoms with Gasteiger partial charge in [-0.25, -0.2) is 0 Å². The summed E-state index contributed by atoms with van der Waals surface area (Å²) in [4.78, 5) is 5.16. The maximum Gasteiger partial charge on any atom is 0.157 e. The molecule has 1 saturated heterocycles. The van der Waals surface area contributed by atoms with E-state index in [0.29, 0.717) is 11.8 Å². The third kappa shape index (κ3) is 7.72. The van der Waals surface area contributed by atoms with Crippen molar-refractivity contribution in [3.05, 3.63) is 53.6 Å². The Morgan fingerprint density at radius 2 is 1.78 bits per heavy atom. The molecule has 3 rings (SSSR count). The molecule has 0 unspecified atom stereocenters. The Kier molecular flexibility index (Phi) is 9.69. The molecule has 0 amide bonds. The second-order valence-corrected chi connectivity index (χ2v) is 9.18. The van der Waals surface area contributed by atoms with Crippen LogP contribution in [-0.4, -0.2) is 63.9 Å². The molecule has 176 valence electrons. The maximum atomic E-state index is 9.76. The molecular formula is C27H40N2O3. The Hall–Kier alpha value is -2.24. The molecule has 1 atom stereocenters. The van der Waals surface area contributed by atoms with Gasteiger partial charge >= 0.3 is 0 Å². The third-order valence-electron chi connectivity index (χ3n) is 6.60. The van der Waals surface area contributed by atoms with Gasteiger partial charge in [0.25, 0.3) is 0 Å². The molecule has 1 heterocycles. The normalized spacial score (nSPS) is 16.8. The van der Waals surface area contributed by atoms with Gasteiger partial charge < -0.3 is 25.1 Å². The van der Waals surface area contributed by atoms with Gasteiger partial charge in [-0.3, -0.25) is 0 Å². The second kappa shape index (κ2) is 12.7. The predicted octanol–water partition coefficient (Wildman–Crippen LogP) is 4.94. The number of benzene rings is 2. The standard InChI is InChI=1S/C27H40N2O3/c1-2-14-28(18-13-22-8-6-10-25(30)20-22)15-4-3-5-16-29-17-7-9-24(29)19-23-11-12-26(31)27(32)21-23/h6,8,10-12,20-21,24,30-32H,2-5,7,9,13-19H2,1H3/t24-/m1/s1. The lowest BCUT2D eigenvalue weighted by Crippen LogP contribution is -2.32. The monoisotopic (exact) mass is 440 g/mol. The summed E-state index contributed by atoms with van der Waals surface area (Å²) in [6.07, 6.45) is 9.24. The lowest BCUT2D eigenvalue weighted by atomic mass is 10.0. The van der Waals surface area contributed by atoms with Crippen LogP contribution in [0, 0.1) is 0 Å². The molecule has 2 aromatic rings.